The lowest BCUT2D eigenvalue weighted by Gasteiger charge is -2.30. The molecule has 152 valence electrons. The van der Waals surface area contributed by atoms with Gasteiger partial charge in [-0.05, 0) is 18.9 Å². The number of anilines is 1. The summed E-state index contributed by atoms with van der Waals surface area (Å²) in [5, 5.41) is 5.55. The summed E-state index contributed by atoms with van der Waals surface area (Å²) in [6.07, 6.45) is 5.80. The summed E-state index contributed by atoms with van der Waals surface area (Å²) < 4.78 is 10.3. The number of nitrogens with one attached hydrogen (secondary N) is 2. The standard InChI is InChI=1S/C19H26N4O5/c1-27-11-12-28-16-6-5-14(13-20-16)21-15(24)7-10-23-17(25)19(22-18(23)26)8-3-2-4-9-19/h5-6,13H,2-4,7-12H2,1H3,(H,21,24)(H,22,26). The summed E-state index contributed by atoms with van der Waals surface area (Å²) in [4.78, 5) is 42.3. The molecule has 3 rings (SSSR count). The molecule has 0 atom stereocenters. The normalized spacial score (nSPS) is 18.2. The van der Waals surface area contributed by atoms with E-state index in [0.29, 0.717) is 37.6 Å². The fourth-order valence-electron chi connectivity index (χ4n) is 3.58. The van der Waals surface area contributed by atoms with Gasteiger partial charge < -0.3 is 20.1 Å². The lowest BCUT2D eigenvalue weighted by atomic mass is 9.82. The van der Waals surface area contributed by atoms with Crippen LogP contribution < -0.4 is 15.4 Å². The number of hydrogen-bond acceptors (Lipinski definition) is 6. The van der Waals surface area contributed by atoms with Gasteiger partial charge >= 0.3 is 6.03 Å². The van der Waals surface area contributed by atoms with Crippen LogP contribution in [0.25, 0.3) is 0 Å². The Morgan fingerprint density at radius 2 is 2.04 bits per heavy atom. The van der Waals surface area contributed by atoms with Gasteiger partial charge in [0.2, 0.25) is 11.8 Å². The molecule has 1 spiro atoms. The first kappa shape index (κ1) is 20.1. The van der Waals surface area contributed by atoms with Gasteiger partial charge in [0.1, 0.15) is 12.1 Å². The molecule has 0 aromatic carbocycles. The Morgan fingerprint density at radius 3 is 2.71 bits per heavy atom. The molecule has 28 heavy (non-hydrogen) atoms. The zero-order chi connectivity index (χ0) is 20.0. The second kappa shape index (κ2) is 9.01. The molecule has 1 aliphatic carbocycles. The fraction of sp³-hybridized carbons (Fsp3) is 0.579. The molecular formula is C19H26N4O5. The predicted octanol–water partition coefficient (Wildman–Crippen LogP) is 1.69. The number of ether oxygens (including phenoxy) is 2. The lowest BCUT2D eigenvalue weighted by Crippen LogP contribution is -2.48. The van der Waals surface area contributed by atoms with Crippen molar-refractivity contribution < 1.29 is 23.9 Å². The number of imide groups is 1. The van der Waals surface area contributed by atoms with Crippen molar-refractivity contribution in [1.82, 2.24) is 15.2 Å². The molecule has 9 nitrogen and oxygen atoms in total. The van der Waals surface area contributed by atoms with Gasteiger partial charge in [-0.2, -0.15) is 0 Å². The van der Waals surface area contributed by atoms with Gasteiger partial charge in [0.25, 0.3) is 5.91 Å². The van der Waals surface area contributed by atoms with Gasteiger partial charge in [-0.15, -0.1) is 0 Å². The first-order valence-corrected chi connectivity index (χ1v) is 9.56. The minimum Gasteiger partial charge on any atom is -0.475 e. The molecule has 2 heterocycles. The second-order valence-electron chi connectivity index (χ2n) is 7.05. The SMILES string of the molecule is COCCOc1ccc(NC(=O)CCN2C(=O)NC3(CCCCC3)C2=O)cn1. The zero-order valence-corrected chi connectivity index (χ0v) is 16.0. The topological polar surface area (TPSA) is 110 Å². The van der Waals surface area contributed by atoms with E-state index in [4.69, 9.17) is 9.47 Å². The minimum atomic E-state index is -0.756. The number of aromatic nitrogens is 1. The number of pyridine rings is 1. The third kappa shape index (κ3) is 4.59. The summed E-state index contributed by atoms with van der Waals surface area (Å²) in [6.45, 7) is 0.913. The number of urea groups is 1. The molecule has 0 unspecified atom stereocenters. The number of nitrogens with zero attached hydrogens (tertiary/aromatic N) is 2. The molecule has 1 aromatic heterocycles. The van der Waals surface area contributed by atoms with E-state index >= 15 is 0 Å². The molecule has 9 heteroatoms. The van der Waals surface area contributed by atoms with E-state index in [1.807, 2.05) is 0 Å². The molecule has 4 amide bonds. The summed E-state index contributed by atoms with van der Waals surface area (Å²) in [7, 11) is 1.59. The van der Waals surface area contributed by atoms with Crippen LogP contribution in [0, 0.1) is 0 Å². The van der Waals surface area contributed by atoms with Crippen molar-refractivity contribution in [2.75, 3.05) is 32.2 Å². The molecule has 0 bridgehead atoms. The Morgan fingerprint density at radius 1 is 1.25 bits per heavy atom. The summed E-state index contributed by atoms with van der Waals surface area (Å²) in [6, 6.07) is 2.92. The van der Waals surface area contributed by atoms with Crippen molar-refractivity contribution in [3.05, 3.63) is 18.3 Å². The molecule has 1 saturated heterocycles. The van der Waals surface area contributed by atoms with E-state index < -0.39 is 11.6 Å². The van der Waals surface area contributed by atoms with E-state index in [2.05, 4.69) is 15.6 Å². The highest BCUT2D eigenvalue weighted by Crippen LogP contribution is 2.33. The van der Waals surface area contributed by atoms with E-state index in [-0.39, 0.29) is 24.8 Å². The lowest BCUT2D eigenvalue weighted by molar-refractivity contribution is -0.132. The maximum atomic E-state index is 12.7. The maximum Gasteiger partial charge on any atom is 0.325 e. The van der Waals surface area contributed by atoms with Crippen molar-refractivity contribution in [3.63, 3.8) is 0 Å². The Labute approximate surface area is 163 Å². The van der Waals surface area contributed by atoms with E-state index in [0.717, 1.165) is 24.2 Å². The minimum absolute atomic E-state index is 0.0291. The third-order valence-electron chi connectivity index (χ3n) is 5.07. The molecular weight excluding hydrogens is 364 g/mol. The average molecular weight is 390 g/mol. The Hall–Kier alpha value is -2.68. The zero-order valence-electron chi connectivity index (χ0n) is 16.0. The predicted molar refractivity (Wildman–Crippen MR) is 101 cm³/mol. The molecule has 2 fully saturated rings. The van der Waals surface area contributed by atoms with Gasteiger partial charge in [0.05, 0.1) is 18.5 Å². The van der Waals surface area contributed by atoms with Crippen LogP contribution in [0.15, 0.2) is 18.3 Å². The first-order valence-electron chi connectivity index (χ1n) is 9.56. The summed E-state index contributed by atoms with van der Waals surface area (Å²) >= 11 is 0. The summed E-state index contributed by atoms with van der Waals surface area (Å²) in [5.41, 5.74) is -0.237. The van der Waals surface area contributed by atoms with Crippen LogP contribution in [-0.4, -0.2) is 60.1 Å². The highest BCUT2D eigenvalue weighted by atomic mass is 16.5. The molecule has 1 aliphatic heterocycles. The third-order valence-corrected chi connectivity index (χ3v) is 5.07. The quantitative estimate of drug-likeness (QED) is 0.516. The highest BCUT2D eigenvalue weighted by molar-refractivity contribution is 6.07. The number of rotatable bonds is 8. The van der Waals surface area contributed by atoms with E-state index in [1.165, 1.54) is 6.20 Å². The Kier molecular flexibility index (Phi) is 6.45. The molecule has 2 aliphatic rings. The molecule has 2 N–H and O–H groups in total. The van der Waals surface area contributed by atoms with Crippen molar-refractivity contribution >= 4 is 23.5 Å². The molecule has 1 saturated carbocycles. The first-order chi connectivity index (χ1) is 13.5. The summed E-state index contributed by atoms with van der Waals surface area (Å²) in [5.74, 6) is -0.0589. The fourth-order valence-corrected chi connectivity index (χ4v) is 3.58. The Bertz CT molecular complexity index is 716. The Balaban J connectivity index is 1.47. The van der Waals surface area contributed by atoms with Gasteiger partial charge in [0.15, 0.2) is 0 Å². The highest BCUT2D eigenvalue weighted by Gasteiger charge is 2.50. The van der Waals surface area contributed by atoms with Crippen molar-refractivity contribution in [2.45, 2.75) is 44.1 Å². The van der Waals surface area contributed by atoms with E-state index in [9.17, 15) is 14.4 Å². The van der Waals surface area contributed by atoms with Crippen molar-refractivity contribution in [1.29, 1.82) is 0 Å². The van der Waals surface area contributed by atoms with Gasteiger partial charge in [-0.25, -0.2) is 9.78 Å². The number of methoxy groups -OCH3 is 1. The molecule has 0 radical (unpaired) electrons. The smallest absolute Gasteiger partial charge is 0.325 e. The number of amides is 4. The number of carbonyl (C=O) groups excluding carboxylic acids is 3. The monoisotopic (exact) mass is 390 g/mol. The largest absolute Gasteiger partial charge is 0.475 e. The van der Waals surface area contributed by atoms with Crippen LogP contribution >= 0.6 is 0 Å². The van der Waals surface area contributed by atoms with Crippen molar-refractivity contribution in [3.8, 4) is 5.88 Å². The van der Waals surface area contributed by atoms with Crippen LogP contribution in [0.5, 0.6) is 5.88 Å². The van der Waals surface area contributed by atoms with Crippen LogP contribution in [0.1, 0.15) is 38.5 Å². The van der Waals surface area contributed by atoms with Gasteiger partial charge in [0, 0.05) is 26.1 Å². The van der Waals surface area contributed by atoms with E-state index in [1.54, 1.807) is 19.2 Å². The number of hydrogen-bond donors (Lipinski definition) is 2. The average Bonchev–Trinajstić information content (AvgIpc) is 2.91. The maximum absolute atomic E-state index is 12.7. The van der Waals surface area contributed by atoms with Crippen LogP contribution in [0.2, 0.25) is 0 Å². The molecule has 1 aromatic rings. The van der Waals surface area contributed by atoms with Gasteiger partial charge in [-0.3, -0.25) is 14.5 Å². The van der Waals surface area contributed by atoms with Gasteiger partial charge in [-0.1, -0.05) is 19.3 Å². The van der Waals surface area contributed by atoms with Crippen LogP contribution in [0.4, 0.5) is 10.5 Å². The second-order valence-corrected chi connectivity index (χ2v) is 7.05. The van der Waals surface area contributed by atoms with Crippen LogP contribution in [0.3, 0.4) is 0 Å². The van der Waals surface area contributed by atoms with Crippen LogP contribution in [-0.2, 0) is 14.3 Å². The number of carbonyl (C=O) groups is 3. The van der Waals surface area contributed by atoms with Crippen molar-refractivity contribution in [2.24, 2.45) is 0 Å².